The van der Waals surface area contributed by atoms with E-state index in [4.69, 9.17) is 21.1 Å². The smallest absolute Gasteiger partial charge is 0.323 e. The highest BCUT2D eigenvalue weighted by Gasteiger charge is 2.16. The molecule has 1 aromatic heterocycles. The lowest BCUT2D eigenvalue weighted by atomic mass is 10.1. The van der Waals surface area contributed by atoms with E-state index in [2.05, 4.69) is 15.6 Å². The van der Waals surface area contributed by atoms with Gasteiger partial charge in [0.25, 0.3) is 5.56 Å². The minimum atomic E-state index is -0.500. The van der Waals surface area contributed by atoms with E-state index in [0.717, 1.165) is 25.1 Å². The molecule has 30 heavy (non-hydrogen) atoms. The molecule has 2 N–H and O–H groups in total. The number of ether oxygens (including phenoxy) is 2. The topological polar surface area (TPSA) is 94.5 Å². The van der Waals surface area contributed by atoms with Crippen molar-refractivity contribution in [2.45, 2.75) is 25.8 Å². The Balaban J connectivity index is 1.59. The molecule has 2 aromatic carbocycles. The summed E-state index contributed by atoms with van der Waals surface area (Å²) < 4.78 is 12.2. The Hall–Kier alpha value is -3.26. The van der Waals surface area contributed by atoms with Gasteiger partial charge < -0.3 is 20.1 Å². The number of amides is 2. The summed E-state index contributed by atoms with van der Waals surface area (Å²) in [5.74, 6) is 1.66. The second-order valence-corrected chi connectivity index (χ2v) is 7.35. The lowest BCUT2D eigenvalue weighted by Gasteiger charge is -2.18. The summed E-state index contributed by atoms with van der Waals surface area (Å²) in [6.07, 6.45) is 2.81. The molecule has 0 unspecified atom stereocenters. The van der Waals surface area contributed by atoms with E-state index in [0.29, 0.717) is 45.3 Å². The predicted molar refractivity (Wildman–Crippen MR) is 116 cm³/mol. The van der Waals surface area contributed by atoms with Crippen molar-refractivity contribution in [1.82, 2.24) is 9.55 Å². The molecule has 8 nitrogen and oxygen atoms in total. The van der Waals surface area contributed by atoms with E-state index >= 15 is 0 Å². The van der Waals surface area contributed by atoms with Gasteiger partial charge in [-0.1, -0.05) is 11.6 Å². The van der Waals surface area contributed by atoms with Gasteiger partial charge in [-0.05, 0) is 37.1 Å². The second kappa shape index (κ2) is 8.23. The highest BCUT2D eigenvalue weighted by atomic mass is 35.5. The Kier molecular flexibility index (Phi) is 5.50. The quantitative estimate of drug-likeness (QED) is 0.653. The summed E-state index contributed by atoms with van der Waals surface area (Å²) in [5.41, 5.74) is 1.41. The van der Waals surface area contributed by atoms with Crippen molar-refractivity contribution in [1.29, 1.82) is 0 Å². The van der Waals surface area contributed by atoms with Gasteiger partial charge in [-0.25, -0.2) is 9.78 Å². The van der Waals surface area contributed by atoms with Gasteiger partial charge in [0.15, 0.2) is 0 Å². The number of fused-ring (bicyclic) bond motifs is 2. The van der Waals surface area contributed by atoms with Crippen molar-refractivity contribution in [3.8, 4) is 11.5 Å². The van der Waals surface area contributed by atoms with E-state index < -0.39 is 6.03 Å². The van der Waals surface area contributed by atoms with Crippen molar-refractivity contribution in [2.75, 3.05) is 24.9 Å². The van der Waals surface area contributed by atoms with E-state index in [1.807, 2.05) is 0 Å². The first-order valence-electron chi connectivity index (χ1n) is 9.53. The van der Waals surface area contributed by atoms with Crippen LogP contribution in [0.1, 0.15) is 18.7 Å². The first kappa shape index (κ1) is 20.0. The maximum Gasteiger partial charge on any atom is 0.323 e. The molecule has 1 aliphatic heterocycles. The van der Waals surface area contributed by atoms with Crippen molar-refractivity contribution in [3.05, 3.63) is 51.5 Å². The minimum Gasteiger partial charge on any atom is -0.495 e. The van der Waals surface area contributed by atoms with Gasteiger partial charge in [-0.15, -0.1) is 0 Å². The lowest BCUT2D eigenvalue weighted by molar-refractivity contribution is 0.262. The fourth-order valence-corrected chi connectivity index (χ4v) is 3.80. The third-order valence-corrected chi connectivity index (χ3v) is 5.34. The number of carbonyl (C=O) groups excluding carboxylic acids is 1. The summed E-state index contributed by atoms with van der Waals surface area (Å²) in [5, 5.41) is 6.25. The number of methoxy groups -OCH3 is 2. The van der Waals surface area contributed by atoms with Crippen LogP contribution in [0.2, 0.25) is 5.02 Å². The fraction of sp³-hybridized carbons (Fsp3) is 0.286. The largest absolute Gasteiger partial charge is 0.495 e. The van der Waals surface area contributed by atoms with Crippen molar-refractivity contribution >= 4 is 39.9 Å². The van der Waals surface area contributed by atoms with Crippen LogP contribution < -0.4 is 25.7 Å². The van der Waals surface area contributed by atoms with Crippen LogP contribution in [0.5, 0.6) is 11.5 Å². The Labute approximate surface area is 177 Å². The lowest BCUT2D eigenvalue weighted by Crippen LogP contribution is -2.28. The Morgan fingerprint density at radius 2 is 1.90 bits per heavy atom. The van der Waals surface area contributed by atoms with Crippen molar-refractivity contribution in [2.24, 2.45) is 0 Å². The molecular formula is C21H21ClN4O4. The normalized spacial score (nSPS) is 12.9. The van der Waals surface area contributed by atoms with Gasteiger partial charge in [-0.2, -0.15) is 0 Å². The number of anilines is 2. The fourth-order valence-electron chi connectivity index (χ4n) is 3.56. The van der Waals surface area contributed by atoms with Crippen LogP contribution in [-0.4, -0.2) is 29.8 Å². The highest BCUT2D eigenvalue weighted by Crippen LogP contribution is 2.36. The summed E-state index contributed by atoms with van der Waals surface area (Å²) in [4.78, 5) is 30.0. The Morgan fingerprint density at radius 1 is 1.10 bits per heavy atom. The number of nitrogens with one attached hydrogen (secondary N) is 2. The molecule has 0 bridgehead atoms. The summed E-state index contributed by atoms with van der Waals surface area (Å²) in [7, 11) is 2.98. The number of benzene rings is 2. The average Bonchev–Trinajstić information content (AvgIpc) is 2.74. The molecular weight excluding hydrogens is 408 g/mol. The zero-order chi connectivity index (χ0) is 21.3. The third-order valence-electron chi connectivity index (χ3n) is 5.05. The van der Waals surface area contributed by atoms with E-state index in [1.165, 1.54) is 14.2 Å². The molecule has 156 valence electrons. The van der Waals surface area contributed by atoms with Crippen LogP contribution in [-0.2, 0) is 13.0 Å². The zero-order valence-electron chi connectivity index (χ0n) is 16.6. The zero-order valence-corrected chi connectivity index (χ0v) is 17.4. The predicted octanol–water partition coefficient (Wildman–Crippen LogP) is 4.05. The number of urea groups is 1. The minimum absolute atomic E-state index is 0.0811. The van der Waals surface area contributed by atoms with E-state index in [1.54, 1.807) is 34.9 Å². The second-order valence-electron chi connectivity index (χ2n) is 6.94. The first-order valence-corrected chi connectivity index (χ1v) is 9.91. The highest BCUT2D eigenvalue weighted by molar-refractivity contribution is 6.32. The Bertz CT molecular complexity index is 1190. The number of hydrogen-bond acceptors (Lipinski definition) is 5. The molecule has 0 fully saturated rings. The standard InChI is InChI=1S/C21H21ClN4O4/c1-29-17-11-18(30-2)16(10-14(17)22)25-21(28)23-12-6-7-15-13(9-12)20(27)26-8-4-3-5-19(26)24-15/h6-7,9-11H,3-5,8H2,1-2H3,(H2,23,25,28). The summed E-state index contributed by atoms with van der Waals surface area (Å²) in [6, 6.07) is 7.73. The monoisotopic (exact) mass is 428 g/mol. The van der Waals surface area contributed by atoms with Gasteiger partial charge in [0.2, 0.25) is 0 Å². The average molecular weight is 429 g/mol. The molecule has 0 saturated carbocycles. The third kappa shape index (κ3) is 3.78. The molecule has 0 spiro atoms. The summed E-state index contributed by atoms with van der Waals surface area (Å²) >= 11 is 6.15. The number of aryl methyl sites for hydroxylation is 1. The van der Waals surface area contributed by atoms with Crippen molar-refractivity contribution < 1.29 is 14.3 Å². The molecule has 0 aliphatic carbocycles. The van der Waals surface area contributed by atoms with Crippen LogP contribution in [0.15, 0.2) is 35.1 Å². The number of halogens is 1. The molecule has 0 atom stereocenters. The maximum atomic E-state index is 12.8. The van der Waals surface area contributed by atoms with Gasteiger partial charge in [0.1, 0.15) is 17.3 Å². The molecule has 3 aromatic rings. The Morgan fingerprint density at radius 3 is 2.67 bits per heavy atom. The van der Waals surface area contributed by atoms with Crippen LogP contribution in [0.25, 0.3) is 10.9 Å². The number of nitrogens with zero attached hydrogens (tertiary/aromatic N) is 2. The molecule has 4 rings (SSSR count). The van der Waals surface area contributed by atoms with Gasteiger partial charge in [0, 0.05) is 24.7 Å². The van der Waals surface area contributed by atoms with Gasteiger partial charge in [0.05, 0.1) is 35.8 Å². The molecule has 0 radical (unpaired) electrons. The first-order chi connectivity index (χ1) is 14.5. The van der Waals surface area contributed by atoms with Gasteiger partial charge in [-0.3, -0.25) is 9.36 Å². The molecule has 2 amide bonds. The van der Waals surface area contributed by atoms with Crippen molar-refractivity contribution in [3.63, 3.8) is 0 Å². The number of carbonyl (C=O) groups is 1. The number of aromatic nitrogens is 2. The van der Waals surface area contributed by atoms with Crippen LogP contribution in [0.4, 0.5) is 16.2 Å². The molecule has 1 aliphatic rings. The summed E-state index contributed by atoms with van der Waals surface area (Å²) in [6.45, 7) is 0.674. The number of rotatable bonds is 4. The molecule has 9 heteroatoms. The maximum absolute atomic E-state index is 12.8. The number of hydrogen-bond donors (Lipinski definition) is 2. The molecule has 0 saturated heterocycles. The SMILES string of the molecule is COc1cc(OC)c(NC(=O)Nc2ccc3nc4n(c(=O)c3c2)CCCC4)cc1Cl. The van der Waals surface area contributed by atoms with E-state index in [9.17, 15) is 9.59 Å². The van der Waals surface area contributed by atoms with Crippen LogP contribution in [0, 0.1) is 0 Å². The van der Waals surface area contributed by atoms with Gasteiger partial charge >= 0.3 is 6.03 Å². The van der Waals surface area contributed by atoms with Crippen LogP contribution in [0.3, 0.4) is 0 Å². The van der Waals surface area contributed by atoms with Crippen LogP contribution >= 0.6 is 11.6 Å². The molecule has 2 heterocycles. The van der Waals surface area contributed by atoms with E-state index in [-0.39, 0.29) is 5.56 Å².